The van der Waals surface area contributed by atoms with Gasteiger partial charge in [-0.15, -0.1) is 0 Å². The zero-order chi connectivity index (χ0) is 26.9. The summed E-state index contributed by atoms with van der Waals surface area (Å²) in [6, 6.07) is 11.0. The lowest BCUT2D eigenvalue weighted by Crippen LogP contribution is -2.46. The number of benzene rings is 2. The molecule has 1 aromatic heterocycles. The van der Waals surface area contributed by atoms with Crippen LogP contribution in [0.4, 0.5) is 4.39 Å². The molecule has 2 aromatic carbocycles. The molecular formula is C27H31FN4O6. The average Bonchev–Trinajstić information content (AvgIpc) is 3.07. The molecule has 0 aliphatic carbocycles. The third kappa shape index (κ3) is 6.85. The van der Waals surface area contributed by atoms with Gasteiger partial charge >= 0.3 is 5.76 Å². The van der Waals surface area contributed by atoms with Crippen LogP contribution in [0.15, 0.2) is 45.6 Å². The number of carbonyl (C=O) groups is 1. The van der Waals surface area contributed by atoms with Crippen molar-refractivity contribution in [1.82, 2.24) is 15.2 Å². The van der Waals surface area contributed by atoms with Crippen LogP contribution in [0.5, 0.6) is 0 Å². The molecule has 0 spiro atoms. The van der Waals surface area contributed by atoms with E-state index in [0.29, 0.717) is 67.3 Å². The monoisotopic (exact) mass is 526 g/mol. The fourth-order valence-corrected chi connectivity index (χ4v) is 4.24. The number of aromatic nitrogens is 1. The maximum atomic E-state index is 15.1. The second-order valence-electron chi connectivity index (χ2n) is 8.92. The summed E-state index contributed by atoms with van der Waals surface area (Å²) >= 11 is 0. The fourth-order valence-electron chi connectivity index (χ4n) is 4.24. The highest BCUT2D eigenvalue weighted by molar-refractivity contribution is 5.82. The van der Waals surface area contributed by atoms with E-state index in [4.69, 9.17) is 18.6 Å². The Hall–Kier alpha value is -3.56. The first-order valence-corrected chi connectivity index (χ1v) is 12.5. The van der Waals surface area contributed by atoms with Crippen LogP contribution in [0.3, 0.4) is 0 Å². The number of ether oxygens (including phenoxy) is 3. The normalized spacial score (nSPS) is 16.6. The Morgan fingerprint density at radius 1 is 1.26 bits per heavy atom. The number of fused-ring (bicyclic) bond motifs is 1. The lowest BCUT2D eigenvalue weighted by atomic mass is 10.00. The molecule has 2 N–H and O–H groups in total. The average molecular weight is 527 g/mol. The molecular weight excluding hydrogens is 495 g/mol. The molecule has 1 amide bonds. The minimum Gasteiger partial charge on any atom is -0.408 e. The molecule has 1 aliphatic heterocycles. The van der Waals surface area contributed by atoms with Crippen molar-refractivity contribution in [2.75, 3.05) is 46.6 Å². The van der Waals surface area contributed by atoms with E-state index >= 15 is 4.39 Å². The zero-order valence-electron chi connectivity index (χ0n) is 21.2. The van der Waals surface area contributed by atoms with Crippen LogP contribution in [0.25, 0.3) is 22.2 Å². The highest BCUT2D eigenvalue weighted by atomic mass is 19.1. The van der Waals surface area contributed by atoms with Crippen molar-refractivity contribution in [2.24, 2.45) is 0 Å². The second kappa shape index (κ2) is 13.3. The summed E-state index contributed by atoms with van der Waals surface area (Å²) < 4.78 is 37.8. The highest BCUT2D eigenvalue weighted by Crippen LogP contribution is 2.26. The number of nitrogens with one attached hydrogen (secondary N) is 2. The van der Waals surface area contributed by atoms with Gasteiger partial charge in [-0.1, -0.05) is 18.2 Å². The van der Waals surface area contributed by atoms with Gasteiger partial charge in [-0.2, -0.15) is 5.26 Å². The van der Waals surface area contributed by atoms with Crippen molar-refractivity contribution in [3.63, 3.8) is 0 Å². The molecule has 0 saturated carbocycles. The lowest BCUT2D eigenvalue weighted by Gasteiger charge is -2.18. The number of nitriles is 1. The number of hydrogen-bond donors (Lipinski definition) is 2. The van der Waals surface area contributed by atoms with E-state index in [1.54, 1.807) is 37.4 Å². The van der Waals surface area contributed by atoms with Gasteiger partial charge in [0.25, 0.3) is 5.91 Å². The van der Waals surface area contributed by atoms with E-state index in [0.717, 1.165) is 13.0 Å². The number of halogens is 1. The van der Waals surface area contributed by atoms with Gasteiger partial charge in [0.1, 0.15) is 18.0 Å². The highest BCUT2D eigenvalue weighted by Gasteiger charge is 2.24. The predicted octanol–water partition coefficient (Wildman–Crippen LogP) is 1.99. The Kier molecular flexibility index (Phi) is 9.62. The first-order valence-electron chi connectivity index (χ1n) is 12.5. The topological polar surface area (TPSA) is 128 Å². The van der Waals surface area contributed by atoms with Crippen molar-refractivity contribution in [3.8, 4) is 17.2 Å². The standard InChI is InChI=1S/C27H31FN4O6/c1-35-11-12-36-10-8-32-23-15-19(5-6-24(23)38-27(32)34)18-3-4-20(22(28)14-18)13-21(16-29)31-26(33)25-17-30-7-2-9-37-25/h3-6,14-15,21,25,30H,2,7-13,17H2,1H3,(H,31,33). The third-order valence-electron chi connectivity index (χ3n) is 6.28. The molecule has 202 valence electrons. The van der Waals surface area contributed by atoms with Crippen LogP contribution in [0, 0.1) is 17.1 Å². The molecule has 38 heavy (non-hydrogen) atoms. The lowest BCUT2D eigenvalue weighted by molar-refractivity contribution is -0.132. The number of rotatable bonds is 11. The summed E-state index contributed by atoms with van der Waals surface area (Å²) in [7, 11) is 1.58. The van der Waals surface area contributed by atoms with E-state index in [9.17, 15) is 14.9 Å². The molecule has 3 aromatic rings. The molecule has 0 radical (unpaired) electrons. The van der Waals surface area contributed by atoms with E-state index in [2.05, 4.69) is 10.6 Å². The van der Waals surface area contributed by atoms with Crippen LogP contribution in [-0.2, 0) is 32.0 Å². The summed E-state index contributed by atoms with van der Waals surface area (Å²) in [6.45, 7) is 3.07. The van der Waals surface area contributed by atoms with E-state index < -0.39 is 29.6 Å². The predicted molar refractivity (Wildman–Crippen MR) is 137 cm³/mol. The Morgan fingerprint density at radius 2 is 2.08 bits per heavy atom. The first kappa shape index (κ1) is 27.5. The van der Waals surface area contributed by atoms with Crippen molar-refractivity contribution < 1.29 is 27.8 Å². The Labute approximate surface area is 219 Å². The number of oxazole rings is 1. The number of amides is 1. The van der Waals surface area contributed by atoms with Crippen LogP contribution >= 0.6 is 0 Å². The van der Waals surface area contributed by atoms with Crippen LogP contribution in [-0.4, -0.2) is 69.2 Å². The molecule has 11 heteroatoms. The number of carbonyl (C=O) groups excluding carboxylic acids is 1. The van der Waals surface area contributed by atoms with Crippen molar-refractivity contribution in [2.45, 2.75) is 31.5 Å². The molecule has 4 rings (SSSR count). The molecule has 0 bridgehead atoms. The zero-order valence-corrected chi connectivity index (χ0v) is 21.2. The van der Waals surface area contributed by atoms with Crippen molar-refractivity contribution in [3.05, 3.63) is 58.3 Å². The van der Waals surface area contributed by atoms with Gasteiger partial charge in [0.15, 0.2) is 5.58 Å². The molecule has 1 fully saturated rings. The van der Waals surface area contributed by atoms with Crippen LogP contribution in [0.1, 0.15) is 12.0 Å². The Balaban J connectivity index is 1.46. The van der Waals surface area contributed by atoms with E-state index in [1.807, 2.05) is 6.07 Å². The number of nitrogens with zero attached hydrogens (tertiary/aromatic N) is 2. The summed E-state index contributed by atoms with van der Waals surface area (Å²) in [5, 5.41) is 15.3. The fraction of sp³-hybridized carbons (Fsp3) is 0.444. The summed E-state index contributed by atoms with van der Waals surface area (Å²) in [5.74, 6) is -1.39. The molecule has 2 atom stereocenters. The maximum absolute atomic E-state index is 15.1. The van der Waals surface area contributed by atoms with Crippen molar-refractivity contribution >= 4 is 17.0 Å². The molecule has 2 heterocycles. The molecule has 1 aliphatic rings. The van der Waals surface area contributed by atoms with E-state index in [1.165, 1.54) is 10.6 Å². The number of hydrogen-bond acceptors (Lipinski definition) is 8. The third-order valence-corrected chi connectivity index (χ3v) is 6.28. The Bertz CT molecular complexity index is 1340. The minimum atomic E-state index is -0.905. The van der Waals surface area contributed by atoms with Crippen LogP contribution in [0.2, 0.25) is 0 Å². The summed E-state index contributed by atoms with van der Waals surface area (Å²) in [4.78, 5) is 24.8. The van der Waals surface area contributed by atoms with E-state index in [-0.39, 0.29) is 6.42 Å². The maximum Gasteiger partial charge on any atom is 0.420 e. The smallest absolute Gasteiger partial charge is 0.408 e. The van der Waals surface area contributed by atoms with Gasteiger partial charge in [0.2, 0.25) is 0 Å². The van der Waals surface area contributed by atoms with Gasteiger partial charge in [0, 0.05) is 26.7 Å². The number of methoxy groups -OCH3 is 1. The largest absolute Gasteiger partial charge is 0.420 e. The van der Waals surface area contributed by atoms with Gasteiger partial charge < -0.3 is 29.3 Å². The Morgan fingerprint density at radius 3 is 2.87 bits per heavy atom. The van der Waals surface area contributed by atoms with Gasteiger partial charge in [-0.3, -0.25) is 9.36 Å². The molecule has 1 saturated heterocycles. The van der Waals surface area contributed by atoms with Gasteiger partial charge in [-0.25, -0.2) is 9.18 Å². The summed E-state index contributed by atoms with van der Waals surface area (Å²) in [5.41, 5.74) is 2.60. The summed E-state index contributed by atoms with van der Waals surface area (Å²) in [6.07, 6.45) is 0.128. The second-order valence-corrected chi connectivity index (χ2v) is 8.92. The SMILES string of the molecule is COCCOCCn1c(=O)oc2ccc(-c3ccc(CC(C#N)NC(=O)C4CNCCCO4)c(F)c3)cc21. The quantitative estimate of drug-likeness (QED) is 0.363. The molecule has 10 nitrogen and oxygen atoms in total. The first-order chi connectivity index (χ1) is 18.5. The van der Waals surface area contributed by atoms with Crippen molar-refractivity contribution in [1.29, 1.82) is 5.26 Å². The molecule has 2 unspecified atom stereocenters. The minimum absolute atomic E-state index is 0.0118. The van der Waals surface area contributed by atoms with Gasteiger partial charge in [-0.05, 0) is 47.9 Å². The van der Waals surface area contributed by atoms with Gasteiger partial charge in [0.05, 0.1) is 38.0 Å². The van der Waals surface area contributed by atoms with Crippen LogP contribution < -0.4 is 16.4 Å².